The van der Waals surface area contributed by atoms with E-state index in [-0.39, 0.29) is 18.0 Å². The second-order valence-corrected chi connectivity index (χ2v) is 5.37. The summed E-state index contributed by atoms with van der Waals surface area (Å²) < 4.78 is 0. The number of hydrogen-bond acceptors (Lipinski definition) is 3. The van der Waals surface area contributed by atoms with Crippen molar-refractivity contribution >= 4 is 5.91 Å². The van der Waals surface area contributed by atoms with Gasteiger partial charge in [-0.1, -0.05) is 19.9 Å². The van der Waals surface area contributed by atoms with Crippen LogP contribution < -0.4 is 10.6 Å². The van der Waals surface area contributed by atoms with Gasteiger partial charge in [-0.25, -0.2) is 0 Å². The minimum absolute atomic E-state index is 0.0522. The summed E-state index contributed by atoms with van der Waals surface area (Å²) >= 11 is 0. The molecule has 1 aromatic rings. The molecule has 0 spiro atoms. The van der Waals surface area contributed by atoms with Crippen LogP contribution in [-0.2, 0) is 4.79 Å². The van der Waals surface area contributed by atoms with Crippen molar-refractivity contribution in [2.24, 2.45) is 5.92 Å². The fourth-order valence-corrected chi connectivity index (χ4v) is 1.82. The molecule has 0 saturated carbocycles. The van der Waals surface area contributed by atoms with Gasteiger partial charge in [-0.15, -0.1) is 0 Å². The lowest BCUT2D eigenvalue weighted by atomic mass is 10.1. The molecular formula is C15H25N3O. The van der Waals surface area contributed by atoms with Crippen molar-refractivity contribution < 1.29 is 4.79 Å². The van der Waals surface area contributed by atoms with Crippen molar-refractivity contribution in [3.8, 4) is 0 Å². The summed E-state index contributed by atoms with van der Waals surface area (Å²) in [7, 11) is 0. The number of rotatable bonds is 7. The lowest BCUT2D eigenvalue weighted by Crippen LogP contribution is -2.43. The first kappa shape index (κ1) is 15.6. The van der Waals surface area contributed by atoms with Crippen molar-refractivity contribution in [1.82, 2.24) is 15.6 Å². The van der Waals surface area contributed by atoms with Gasteiger partial charge in [0.15, 0.2) is 0 Å². The van der Waals surface area contributed by atoms with Crippen molar-refractivity contribution in [3.05, 3.63) is 30.1 Å². The zero-order valence-corrected chi connectivity index (χ0v) is 12.3. The highest BCUT2D eigenvalue weighted by Gasteiger charge is 2.15. The van der Waals surface area contributed by atoms with Crippen LogP contribution in [-0.4, -0.2) is 23.5 Å². The minimum atomic E-state index is -0.206. The summed E-state index contributed by atoms with van der Waals surface area (Å²) in [6, 6.07) is 3.82. The Morgan fingerprint density at radius 3 is 2.63 bits per heavy atom. The molecule has 1 unspecified atom stereocenters. The summed E-state index contributed by atoms with van der Waals surface area (Å²) in [6.45, 7) is 8.97. The first-order chi connectivity index (χ1) is 9.00. The molecule has 0 fully saturated rings. The largest absolute Gasteiger partial charge is 0.355 e. The monoisotopic (exact) mass is 263 g/mol. The number of carbonyl (C=O) groups is 1. The van der Waals surface area contributed by atoms with Gasteiger partial charge in [0.25, 0.3) is 0 Å². The Hall–Kier alpha value is -1.42. The lowest BCUT2D eigenvalue weighted by molar-refractivity contribution is -0.122. The predicted molar refractivity (Wildman–Crippen MR) is 77.7 cm³/mol. The molecule has 0 bridgehead atoms. The van der Waals surface area contributed by atoms with E-state index in [0.29, 0.717) is 5.92 Å². The summed E-state index contributed by atoms with van der Waals surface area (Å²) in [5.74, 6) is 0.661. The molecule has 1 heterocycles. The number of carbonyl (C=O) groups excluding carboxylic acids is 1. The van der Waals surface area contributed by atoms with E-state index in [1.165, 1.54) is 0 Å². The number of pyridine rings is 1. The van der Waals surface area contributed by atoms with Crippen molar-refractivity contribution in [2.75, 3.05) is 6.54 Å². The number of amides is 1. The number of nitrogens with zero attached hydrogens (tertiary/aromatic N) is 1. The molecule has 0 aromatic carbocycles. The molecule has 2 N–H and O–H groups in total. The van der Waals surface area contributed by atoms with Gasteiger partial charge in [0.1, 0.15) is 0 Å². The van der Waals surface area contributed by atoms with Crippen molar-refractivity contribution in [1.29, 1.82) is 0 Å². The first-order valence-corrected chi connectivity index (χ1v) is 6.94. The van der Waals surface area contributed by atoms with Gasteiger partial charge in [-0.05, 0) is 37.8 Å². The van der Waals surface area contributed by atoms with Crippen LogP contribution in [0.1, 0.15) is 45.7 Å². The third-order valence-electron chi connectivity index (χ3n) is 3.10. The Morgan fingerprint density at radius 1 is 1.32 bits per heavy atom. The summed E-state index contributed by atoms with van der Waals surface area (Å²) in [5.41, 5.74) is 1.09. The Kier molecular flexibility index (Phi) is 6.50. The molecule has 4 heteroatoms. The summed E-state index contributed by atoms with van der Waals surface area (Å²) in [5, 5.41) is 6.24. The minimum Gasteiger partial charge on any atom is -0.355 e. The van der Waals surface area contributed by atoms with Crippen LogP contribution in [0.15, 0.2) is 24.5 Å². The fraction of sp³-hybridized carbons (Fsp3) is 0.600. The SMILES string of the molecule is CC(C)CCNC(=O)C(C)N[C@H](C)c1cccnc1. The van der Waals surface area contributed by atoms with Gasteiger partial charge in [0.2, 0.25) is 5.91 Å². The van der Waals surface area contributed by atoms with Crippen molar-refractivity contribution in [2.45, 2.75) is 46.2 Å². The molecule has 1 rings (SSSR count). The van der Waals surface area contributed by atoms with E-state index in [4.69, 9.17) is 0 Å². The maximum atomic E-state index is 11.9. The standard InChI is InChI=1S/C15H25N3O/c1-11(2)7-9-17-15(19)13(4)18-12(3)14-6-5-8-16-10-14/h5-6,8,10-13,18H,7,9H2,1-4H3,(H,17,19)/t12-,13?/m1/s1. The third kappa shape index (κ3) is 5.83. The van der Waals surface area contributed by atoms with Gasteiger partial charge in [0.05, 0.1) is 6.04 Å². The van der Waals surface area contributed by atoms with Gasteiger partial charge < -0.3 is 5.32 Å². The second-order valence-electron chi connectivity index (χ2n) is 5.37. The molecule has 4 nitrogen and oxygen atoms in total. The molecule has 0 aliphatic carbocycles. The van der Waals surface area contributed by atoms with Crippen LogP contribution in [0.25, 0.3) is 0 Å². The predicted octanol–water partition coefficient (Wildman–Crippen LogP) is 2.28. The highest BCUT2D eigenvalue weighted by atomic mass is 16.2. The molecule has 2 atom stereocenters. The number of aromatic nitrogens is 1. The van der Waals surface area contributed by atoms with Gasteiger partial charge in [-0.3, -0.25) is 15.1 Å². The molecule has 0 saturated heterocycles. The van der Waals surface area contributed by atoms with E-state index in [0.717, 1.165) is 18.5 Å². The lowest BCUT2D eigenvalue weighted by Gasteiger charge is -2.20. The molecule has 0 aliphatic heterocycles. The van der Waals surface area contributed by atoms with E-state index in [2.05, 4.69) is 29.5 Å². The van der Waals surface area contributed by atoms with Crippen LogP contribution >= 0.6 is 0 Å². The number of hydrogen-bond donors (Lipinski definition) is 2. The Balaban J connectivity index is 2.37. The normalized spacial score (nSPS) is 14.2. The van der Waals surface area contributed by atoms with Crippen LogP contribution in [0.3, 0.4) is 0 Å². The van der Waals surface area contributed by atoms with Crippen LogP contribution in [0, 0.1) is 5.92 Å². The Bertz CT molecular complexity index is 378. The van der Waals surface area contributed by atoms with Crippen LogP contribution in [0.5, 0.6) is 0 Å². The van der Waals surface area contributed by atoms with E-state index < -0.39 is 0 Å². The van der Waals surface area contributed by atoms with Crippen LogP contribution in [0.4, 0.5) is 0 Å². The molecule has 19 heavy (non-hydrogen) atoms. The zero-order valence-electron chi connectivity index (χ0n) is 12.3. The van der Waals surface area contributed by atoms with E-state index in [1.807, 2.05) is 32.2 Å². The summed E-state index contributed by atoms with van der Waals surface area (Å²) in [6.07, 6.45) is 4.58. The Labute approximate surface area is 116 Å². The second kappa shape index (κ2) is 7.89. The van der Waals surface area contributed by atoms with Gasteiger partial charge in [0, 0.05) is 25.0 Å². The topological polar surface area (TPSA) is 54.0 Å². The van der Waals surface area contributed by atoms with E-state index in [1.54, 1.807) is 6.20 Å². The number of nitrogens with one attached hydrogen (secondary N) is 2. The third-order valence-corrected chi connectivity index (χ3v) is 3.10. The zero-order chi connectivity index (χ0) is 14.3. The molecular weight excluding hydrogens is 238 g/mol. The molecule has 106 valence electrons. The van der Waals surface area contributed by atoms with Crippen LogP contribution in [0.2, 0.25) is 0 Å². The molecule has 1 amide bonds. The highest BCUT2D eigenvalue weighted by molar-refractivity contribution is 5.81. The average molecular weight is 263 g/mol. The molecule has 0 radical (unpaired) electrons. The molecule has 0 aliphatic rings. The quantitative estimate of drug-likeness (QED) is 0.793. The van der Waals surface area contributed by atoms with Gasteiger partial charge in [-0.2, -0.15) is 0 Å². The van der Waals surface area contributed by atoms with Gasteiger partial charge >= 0.3 is 0 Å². The first-order valence-electron chi connectivity index (χ1n) is 6.94. The summed E-state index contributed by atoms with van der Waals surface area (Å²) in [4.78, 5) is 16.0. The average Bonchev–Trinajstić information content (AvgIpc) is 2.39. The Morgan fingerprint density at radius 2 is 2.05 bits per heavy atom. The smallest absolute Gasteiger partial charge is 0.236 e. The van der Waals surface area contributed by atoms with Crippen molar-refractivity contribution in [3.63, 3.8) is 0 Å². The highest BCUT2D eigenvalue weighted by Crippen LogP contribution is 2.10. The van der Waals surface area contributed by atoms with E-state index >= 15 is 0 Å². The maximum Gasteiger partial charge on any atom is 0.236 e. The maximum absolute atomic E-state index is 11.9. The van der Waals surface area contributed by atoms with E-state index in [9.17, 15) is 4.79 Å². The molecule has 1 aromatic heterocycles. The fourth-order valence-electron chi connectivity index (χ4n) is 1.82.